The van der Waals surface area contributed by atoms with Crippen molar-refractivity contribution >= 4 is 0 Å². The van der Waals surface area contributed by atoms with Gasteiger partial charge in [-0.25, -0.2) is 0 Å². The highest BCUT2D eigenvalue weighted by Crippen LogP contribution is 2.22. The number of hydrogen-bond donors (Lipinski definition) is 0. The van der Waals surface area contributed by atoms with Crippen molar-refractivity contribution in [2.45, 2.75) is 32.6 Å². The smallest absolute Gasteiger partial charge is 0.00134 e. The molecule has 0 atom stereocenters. The van der Waals surface area contributed by atoms with E-state index in [0.717, 1.165) is 5.92 Å². The topological polar surface area (TPSA) is 0 Å². The van der Waals surface area contributed by atoms with Gasteiger partial charge in [-0.05, 0) is 29.6 Å². The molecule has 12 heavy (non-hydrogen) atoms. The Labute approximate surface area is 75.8 Å². The van der Waals surface area contributed by atoms with Gasteiger partial charge in [0.1, 0.15) is 0 Å². The molecule has 0 unspecified atom stereocenters. The zero-order valence-electron chi connectivity index (χ0n) is 7.56. The average molecular weight is 158 g/mol. The summed E-state index contributed by atoms with van der Waals surface area (Å²) < 4.78 is 0. The van der Waals surface area contributed by atoms with Gasteiger partial charge >= 0.3 is 0 Å². The molecular formula is C12H14. The lowest BCUT2D eigenvalue weighted by atomic mass is 10.2. The summed E-state index contributed by atoms with van der Waals surface area (Å²) in [6, 6.07) is 0. The molecule has 0 radical (unpaired) electrons. The van der Waals surface area contributed by atoms with Gasteiger partial charge in [0, 0.05) is 0 Å². The minimum Gasteiger partial charge on any atom is -0.106 e. The average Bonchev–Trinajstić information content (AvgIpc) is 2.53. The fourth-order valence-electron chi connectivity index (χ4n) is 1.20. The molecule has 1 aliphatic rings. The van der Waals surface area contributed by atoms with Crippen LogP contribution in [0.1, 0.15) is 32.6 Å². The first-order valence-electron chi connectivity index (χ1n) is 4.22. The van der Waals surface area contributed by atoms with E-state index in [4.69, 9.17) is 12.8 Å². The Bertz CT molecular complexity index is 212. The monoisotopic (exact) mass is 158 g/mol. The third-order valence-corrected chi connectivity index (χ3v) is 1.85. The fraction of sp³-hybridized carbons (Fsp3) is 0.500. The van der Waals surface area contributed by atoms with E-state index < -0.39 is 0 Å². The van der Waals surface area contributed by atoms with Crippen LogP contribution >= 0.6 is 0 Å². The Morgan fingerprint density at radius 3 is 1.58 bits per heavy atom. The quantitative estimate of drug-likeness (QED) is 0.475. The summed E-state index contributed by atoms with van der Waals surface area (Å²) in [4.78, 5) is 0. The largest absolute Gasteiger partial charge is 0.106 e. The van der Waals surface area contributed by atoms with Crippen molar-refractivity contribution in [2.24, 2.45) is 5.92 Å². The van der Waals surface area contributed by atoms with Crippen LogP contribution in [-0.4, -0.2) is 0 Å². The maximum atomic E-state index is 4.70. The summed E-state index contributed by atoms with van der Waals surface area (Å²) in [5.41, 5.74) is 0. The van der Waals surface area contributed by atoms with Gasteiger partial charge in [-0.3, -0.25) is 0 Å². The standard InChI is InChI=1S/C6H12.C6H2/c1-6-4-2-3-5-6;1-3-5-6-4-2/h6H,2-5H2,1H3;1-2H. The van der Waals surface area contributed by atoms with Crippen LogP contribution < -0.4 is 0 Å². The van der Waals surface area contributed by atoms with Crippen molar-refractivity contribution in [3.63, 3.8) is 0 Å². The van der Waals surface area contributed by atoms with Crippen LogP contribution in [0.3, 0.4) is 0 Å². The van der Waals surface area contributed by atoms with Crippen LogP contribution in [0.25, 0.3) is 0 Å². The fourth-order valence-corrected chi connectivity index (χ4v) is 1.20. The molecule has 0 spiro atoms. The maximum absolute atomic E-state index is 4.70. The highest BCUT2D eigenvalue weighted by atomic mass is 14.1. The van der Waals surface area contributed by atoms with Gasteiger partial charge in [0.05, 0.1) is 0 Å². The first-order chi connectivity index (χ1) is 5.81. The second-order valence-electron chi connectivity index (χ2n) is 2.93. The zero-order valence-corrected chi connectivity index (χ0v) is 7.56. The van der Waals surface area contributed by atoms with E-state index in [-0.39, 0.29) is 0 Å². The van der Waals surface area contributed by atoms with Crippen LogP contribution in [0.4, 0.5) is 0 Å². The molecular weight excluding hydrogens is 144 g/mol. The maximum Gasteiger partial charge on any atom is -0.00134 e. The van der Waals surface area contributed by atoms with E-state index >= 15 is 0 Å². The van der Waals surface area contributed by atoms with Crippen molar-refractivity contribution in [1.82, 2.24) is 0 Å². The third-order valence-electron chi connectivity index (χ3n) is 1.85. The van der Waals surface area contributed by atoms with Crippen molar-refractivity contribution in [1.29, 1.82) is 0 Å². The van der Waals surface area contributed by atoms with Crippen LogP contribution in [0.15, 0.2) is 0 Å². The molecule has 0 saturated heterocycles. The summed E-state index contributed by atoms with van der Waals surface area (Å²) in [6.45, 7) is 2.34. The van der Waals surface area contributed by atoms with E-state index in [1.54, 1.807) is 0 Å². The molecule has 1 saturated carbocycles. The van der Waals surface area contributed by atoms with Crippen molar-refractivity contribution in [3.05, 3.63) is 0 Å². The van der Waals surface area contributed by atoms with Crippen LogP contribution in [0, 0.1) is 42.4 Å². The summed E-state index contributed by atoms with van der Waals surface area (Å²) in [5, 5.41) is 0. The van der Waals surface area contributed by atoms with E-state index in [1.165, 1.54) is 25.7 Å². The van der Waals surface area contributed by atoms with Crippen LogP contribution in [-0.2, 0) is 0 Å². The second kappa shape index (κ2) is 7.78. The van der Waals surface area contributed by atoms with Crippen molar-refractivity contribution < 1.29 is 0 Å². The van der Waals surface area contributed by atoms with E-state index in [2.05, 4.69) is 30.6 Å². The molecule has 1 rings (SSSR count). The third kappa shape index (κ3) is 6.80. The lowest BCUT2D eigenvalue weighted by Gasteiger charge is -1.91. The van der Waals surface area contributed by atoms with Gasteiger partial charge in [0.15, 0.2) is 0 Å². The number of hydrogen-bond acceptors (Lipinski definition) is 0. The SMILES string of the molecule is C#CC#CC#C.CC1CCCC1. The predicted octanol–water partition coefficient (Wildman–Crippen LogP) is 2.45. The molecule has 0 aromatic carbocycles. The lowest BCUT2D eigenvalue weighted by Crippen LogP contribution is -1.78. The summed E-state index contributed by atoms with van der Waals surface area (Å²) in [6.07, 6.45) is 15.3. The zero-order chi connectivity index (χ0) is 9.23. The molecule has 0 N–H and O–H groups in total. The molecule has 0 bridgehead atoms. The summed E-state index contributed by atoms with van der Waals surface area (Å²) in [7, 11) is 0. The van der Waals surface area contributed by atoms with Gasteiger partial charge in [-0.1, -0.05) is 32.6 Å². The molecule has 0 heteroatoms. The van der Waals surface area contributed by atoms with Gasteiger partial charge in [-0.2, -0.15) is 0 Å². The molecule has 0 aliphatic heterocycles. The van der Waals surface area contributed by atoms with E-state index in [1.807, 2.05) is 0 Å². The second-order valence-corrected chi connectivity index (χ2v) is 2.93. The molecule has 1 aliphatic carbocycles. The Balaban J connectivity index is 0.000000202. The number of rotatable bonds is 0. The summed E-state index contributed by atoms with van der Waals surface area (Å²) >= 11 is 0. The van der Waals surface area contributed by atoms with Gasteiger partial charge in [-0.15, -0.1) is 12.8 Å². The molecule has 1 fully saturated rings. The molecule has 0 nitrogen and oxygen atoms in total. The van der Waals surface area contributed by atoms with E-state index in [0.29, 0.717) is 0 Å². The Hall–Kier alpha value is -1.32. The molecule has 0 aromatic heterocycles. The van der Waals surface area contributed by atoms with Crippen molar-refractivity contribution in [2.75, 3.05) is 0 Å². The molecule has 0 aromatic rings. The highest BCUT2D eigenvalue weighted by molar-refractivity contribution is 5.31. The van der Waals surface area contributed by atoms with Crippen LogP contribution in [0.5, 0.6) is 0 Å². The molecule has 62 valence electrons. The first-order valence-corrected chi connectivity index (χ1v) is 4.22. The lowest BCUT2D eigenvalue weighted by molar-refractivity contribution is 0.612. The Morgan fingerprint density at radius 1 is 1.00 bits per heavy atom. The Kier molecular flexibility index (Phi) is 6.93. The van der Waals surface area contributed by atoms with Gasteiger partial charge in [0.25, 0.3) is 0 Å². The minimum absolute atomic E-state index is 1.05. The Morgan fingerprint density at radius 2 is 1.42 bits per heavy atom. The van der Waals surface area contributed by atoms with Gasteiger partial charge in [0.2, 0.25) is 0 Å². The predicted molar refractivity (Wildman–Crippen MR) is 53.1 cm³/mol. The molecule has 0 amide bonds. The van der Waals surface area contributed by atoms with Crippen molar-refractivity contribution in [3.8, 4) is 36.5 Å². The molecule has 0 heterocycles. The number of terminal acetylenes is 2. The van der Waals surface area contributed by atoms with E-state index in [9.17, 15) is 0 Å². The summed E-state index contributed by atoms with van der Waals surface area (Å²) in [5.74, 6) is 9.66. The first kappa shape index (κ1) is 10.7. The minimum atomic E-state index is 1.05. The van der Waals surface area contributed by atoms with Gasteiger partial charge < -0.3 is 0 Å². The van der Waals surface area contributed by atoms with Crippen LogP contribution in [0.2, 0.25) is 0 Å². The highest BCUT2D eigenvalue weighted by Gasteiger charge is 2.07. The normalized spacial score (nSPS) is 14.2.